The molecule has 0 amide bonds. The van der Waals surface area contributed by atoms with Gasteiger partial charge in [0.05, 0.1) is 19.8 Å². The Balaban J connectivity index is 1.81. The number of ether oxygens (including phenoxy) is 2. The lowest BCUT2D eigenvalue weighted by molar-refractivity contribution is -0.137. The number of anilines is 1. The number of hydrogen-bond donors (Lipinski definition) is 0. The molecule has 0 saturated carbocycles. The molecule has 17 heavy (non-hydrogen) atoms. The summed E-state index contributed by atoms with van der Waals surface area (Å²) in [7, 11) is 0. The summed E-state index contributed by atoms with van der Waals surface area (Å²) in [6.07, 6.45) is 0.869. The summed E-state index contributed by atoms with van der Waals surface area (Å²) in [5.74, 6) is 1.10. The molecule has 0 radical (unpaired) electrons. The number of aromatic nitrogens is 2. The van der Waals surface area contributed by atoms with Crippen LogP contribution in [0, 0.1) is 6.92 Å². The lowest BCUT2D eigenvalue weighted by Crippen LogP contribution is -2.34. The van der Waals surface area contributed by atoms with Gasteiger partial charge in [-0.05, 0) is 6.92 Å². The summed E-state index contributed by atoms with van der Waals surface area (Å²) in [6.45, 7) is 4.77. The molecule has 2 aliphatic heterocycles. The maximum Gasteiger partial charge on any atom is 0.187 e. The predicted octanol–water partition coefficient (Wildman–Crippen LogP) is 1.39. The molecule has 1 aromatic rings. The Labute approximate surface area is 105 Å². The molecule has 0 unspecified atom stereocenters. The molecular formula is C11H14ClN3O2. The molecule has 2 fully saturated rings. The van der Waals surface area contributed by atoms with Crippen LogP contribution in [0.1, 0.15) is 12.2 Å². The van der Waals surface area contributed by atoms with E-state index in [-0.39, 0.29) is 0 Å². The van der Waals surface area contributed by atoms with Gasteiger partial charge in [0, 0.05) is 19.0 Å². The molecule has 0 N–H and O–H groups in total. The van der Waals surface area contributed by atoms with E-state index in [0.29, 0.717) is 30.7 Å². The molecule has 1 spiro atoms. The van der Waals surface area contributed by atoms with E-state index in [0.717, 1.165) is 18.8 Å². The summed E-state index contributed by atoms with van der Waals surface area (Å²) < 4.78 is 11.3. The molecule has 92 valence electrons. The molecule has 0 bridgehead atoms. The van der Waals surface area contributed by atoms with Crippen molar-refractivity contribution in [3.8, 4) is 0 Å². The molecule has 6 heteroatoms. The molecule has 3 heterocycles. The van der Waals surface area contributed by atoms with Gasteiger partial charge >= 0.3 is 0 Å². The number of rotatable bonds is 1. The quantitative estimate of drug-likeness (QED) is 0.710. The van der Waals surface area contributed by atoms with E-state index >= 15 is 0 Å². The largest absolute Gasteiger partial charge is 0.351 e. The Hall–Kier alpha value is -0.910. The maximum atomic E-state index is 5.94. The zero-order valence-electron chi connectivity index (χ0n) is 9.65. The number of halogens is 1. The molecule has 0 aromatic carbocycles. The average molecular weight is 256 g/mol. The average Bonchev–Trinajstić information content (AvgIpc) is 2.88. The van der Waals surface area contributed by atoms with Gasteiger partial charge in [0.2, 0.25) is 0 Å². The second kappa shape index (κ2) is 4.08. The van der Waals surface area contributed by atoms with Gasteiger partial charge < -0.3 is 14.4 Å². The van der Waals surface area contributed by atoms with Crippen LogP contribution in [0.25, 0.3) is 0 Å². The lowest BCUT2D eigenvalue weighted by atomic mass is 10.2. The first-order valence-electron chi connectivity index (χ1n) is 5.71. The maximum absolute atomic E-state index is 5.94. The first-order chi connectivity index (χ1) is 8.17. The van der Waals surface area contributed by atoms with Crippen molar-refractivity contribution >= 4 is 17.4 Å². The number of nitrogens with zero attached hydrogens (tertiary/aromatic N) is 3. The van der Waals surface area contributed by atoms with Gasteiger partial charge in [-0.1, -0.05) is 11.6 Å². The highest BCUT2D eigenvalue weighted by molar-refractivity contribution is 6.29. The Morgan fingerprint density at radius 1 is 1.35 bits per heavy atom. The van der Waals surface area contributed by atoms with Crippen LogP contribution in [-0.2, 0) is 9.47 Å². The van der Waals surface area contributed by atoms with Crippen molar-refractivity contribution in [1.82, 2.24) is 9.97 Å². The Morgan fingerprint density at radius 3 is 2.82 bits per heavy atom. The molecule has 5 nitrogen and oxygen atoms in total. The summed E-state index contributed by atoms with van der Waals surface area (Å²) in [5.41, 5.74) is 0. The van der Waals surface area contributed by atoms with Crippen molar-refractivity contribution in [2.45, 2.75) is 19.1 Å². The third-order valence-electron chi connectivity index (χ3n) is 3.13. The monoisotopic (exact) mass is 255 g/mol. The fraction of sp³-hybridized carbons (Fsp3) is 0.636. The van der Waals surface area contributed by atoms with Gasteiger partial charge in [-0.3, -0.25) is 0 Å². The standard InChI is InChI=1S/C11H14ClN3O2/c1-8-13-9(12)6-10(14-8)15-3-2-11(7-15)16-4-5-17-11/h6H,2-5,7H2,1H3. The van der Waals surface area contributed by atoms with E-state index in [1.54, 1.807) is 6.07 Å². The fourth-order valence-corrected chi connectivity index (χ4v) is 2.58. The van der Waals surface area contributed by atoms with E-state index in [1.165, 1.54) is 0 Å². The molecule has 3 rings (SSSR count). The third-order valence-corrected chi connectivity index (χ3v) is 3.32. The second-order valence-corrected chi connectivity index (χ2v) is 4.76. The second-order valence-electron chi connectivity index (χ2n) is 4.38. The normalized spacial score (nSPS) is 22.6. The first-order valence-corrected chi connectivity index (χ1v) is 6.09. The zero-order chi connectivity index (χ0) is 11.9. The van der Waals surface area contributed by atoms with Gasteiger partial charge in [-0.2, -0.15) is 0 Å². The molecule has 1 aromatic heterocycles. The van der Waals surface area contributed by atoms with Crippen molar-refractivity contribution in [3.05, 3.63) is 17.0 Å². The van der Waals surface area contributed by atoms with E-state index in [9.17, 15) is 0 Å². The molecular weight excluding hydrogens is 242 g/mol. The van der Waals surface area contributed by atoms with Crippen LogP contribution in [0.4, 0.5) is 5.82 Å². The molecule has 2 saturated heterocycles. The Kier molecular flexibility index (Phi) is 2.69. The SMILES string of the molecule is Cc1nc(Cl)cc(N2CCC3(C2)OCCO3)n1. The highest BCUT2D eigenvalue weighted by Crippen LogP contribution is 2.33. The zero-order valence-corrected chi connectivity index (χ0v) is 10.4. The Bertz CT molecular complexity index is 414. The third kappa shape index (κ3) is 2.10. The van der Waals surface area contributed by atoms with Crippen molar-refractivity contribution in [3.63, 3.8) is 0 Å². The van der Waals surface area contributed by atoms with Gasteiger partial charge in [-0.25, -0.2) is 9.97 Å². The van der Waals surface area contributed by atoms with Crippen LogP contribution in [0.3, 0.4) is 0 Å². The highest BCUT2D eigenvalue weighted by Gasteiger charge is 2.43. The van der Waals surface area contributed by atoms with Crippen LogP contribution in [0.2, 0.25) is 5.15 Å². The minimum atomic E-state index is -0.425. The summed E-state index contributed by atoms with van der Waals surface area (Å²) in [4.78, 5) is 10.6. The molecule has 0 atom stereocenters. The van der Waals surface area contributed by atoms with E-state index in [1.807, 2.05) is 6.92 Å². The minimum Gasteiger partial charge on any atom is -0.351 e. The van der Waals surface area contributed by atoms with Gasteiger partial charge in [-0.15, -0.1) is 0 Å². The highest BCUT2D eigenvalue weighted by atomic mass is 35.5. The summed E-state index contributed by atoms with van der Waals surface area (Å²) in [5, 5.41) is 0.474. The fourth-order valence-electron chi connectivity index (χ4n) is 2.36. The van der Waals surface area contributed by atoms with Crippen LogP contribution >= 0.6 is 11.6 Å². The smallest absolute Gasteiger partial charge is 0.187 e. The van der Waals surface area contributed by atoms with E-state index in [4.69, 9.17) is 21.1 Å². The molecule has 2 aliphatic rings. The van der Waals surface area contributed by atoms with Crippen molar-refractivity contribution in [2.24, 2.45) is 0 Å². The van der Waals surface area contributed by atoms with E-state index in [2.05, 4.69) is 14.9 Å². The van der Waals surface area contributed by atoms with Crippen LogP contribution in [0.5, 0.6) is 0 Å². The predicted molar refractivity (Wildman–Crippen MR) is 63.2 cm³/mol. The summed E-state index contributed by atoms with van der Waals surface area (Å²) in [6, 6.07) is 1.78. The first kappa shape index (κ1) is 11.2. The summed E-state index contributed by atoms with van der Waals surface area (Å²) >= 11 is 5.94. The van der Waals surface area contributed by atoms with Gasteiger partial charge in [0.25, 0.3) is 0 Å². The Morgan fingerprint density at radius 2 is 2.12 bits per heavy atom. The number of aryl methyl sites for hydroxylation is 1. The van der Waals surface area contributed by atoms with Crippen LogP contribution in [0.15, 0.2) is 6.07 Å². The topological polar surface area (TPSA) is 47.5 Å². The minimum absolute atomic E-state index is 0.425. The van der Waals surface area contributed by atoms with Crippen molar-refractivity contribution < 1.29 is 9.47 Å². The van der Waals surface area contributed by atoms with Crippen molar-refractivity contribution in [1.29, 1.82) is 0 Å². The van der Waals surface area contributed by atoms with Crippen molar-refractivity contribution in [2.75, 3.05) is 31.2 Å². The lowest BCUT2D eigenvalue weighted by Gasteiger charge is -2.22. The van der Waals surface area contributed by atoms with Gasteiger partial charge in [0.1, 0.15) is 16.8 Å². The number of hydrogen-bond acceptors (Lipinski definition) is 5. The van der Waals surface area contributed by atoms with Gasteiger partial charge in [0.15, 0.2) is 5.79 Å². The molecule has 0 aliphatic carbocycles. The van der Waals surface area contributed by atoms with Crippen LogP contribution in [-0.4, -0.2) is 42.1 Å². The van der Waals surface area contributed by atoms with Crippen LogP contribution < -0.4 is 4.90 Å². The van der Waals surface area contributed by atoms with E-state index < -0.39 is 5.79 Å².